The van der Waals surface area contributed by atoms with Crippen molar-refractivity contribution in [3.63, 3.8) is 0 Å². The van der Waals surface area contributed by atoms with Crippen molar-refractivity contribution in [2.45, 2.75) is 52.8 Å². The Morgan fingerprint density at radius 2 is 2.08 bits per heavy atom. The highest BCUT2D eigenvalue weighted by molar-refractivity contribution is 5.83. The maximum absolute atomic E-state index is 11.7. The Labute approximate surface area is 142 Å². The van der Waals surface area contributed by atoms with Gasteiger partial charge in [0.1, 0.15) is 11.4 Å². The zero-order valence-corrected chi connectivity index (χ0v) is 14.7. The van der Waals surface area contributed by atoms with Crippen LogP contribution in [0.2, 0.25) is 0 Å². The van der Waals surface area contributed by atoms with Crippen molar-refractivity contribution in [2.75, 3.05) is 10.6 Å². The minimum atomic E-state index is -0.535. The molecule has 0 saturated carbocycles. The van der Waals surface area contributed by atoms with E-state index in [-0.39, 0.29) is 0 Å². The van der Waals surface area contributed by atoms with E-state index in [9.17, 15) is 4.79 Å². The number of aryl methyl sites for hydroxylation is 1. The number of anilines is 2. The van der Waals surface area contributed by atoms with E-state index in [1.54, 1.807) is 12.3 Å². The Morgan fingerprint density at radius 3 is 2.71 bits per heavy atom. The molecule has 7 nitrogen and oxygen atoms in total. The van der Waals surface area contributed by atoms with Crippen molar-refractivity contribution >= 4 is 17.6 Å². The minimum Gasteiger partial charge on any atom is -0.444 e. The van der Waals surface area contributed by atoms with Gasteiger partial charge in [-0.2, -0.15) is 0 Å². The summed E-state index contributed by atoms with van der Waals surface area (Å²) in [6.07, 6.45) is 5.92. The zero-order valence-electron chi connectivity index (χ0n) is 14.7. The highest BCUT2D eigenvalue weighted by atomic mass is 16.6. The monoisotopic (exact) mass is 331 g/mol. The molecule has 2 aromatic rings. The number of nitrogens with one attached hydrogen (secondary N) is 2. The first-order valence-corrected chi connectivity index (χ1v) is 8.06. The average Bonchev–Trinajstić information content (AvgIpc) is 2.92. The highest BCUT2D eigenvalue weighted by Gasteiger charge is 2.16. The number of pyridine rings is 1. The van der Waals surface area contributed by atoms with Gasteiger partial charge in [-0.3, -0.25) is 5.32 Å². The molecule has 2 heterocycles. The van der Waals surface area contributed by atoms with Crippen LogP contribution in [0.3, 0.4) is 0 Å². The molecule has 1 amide bonds. The second-order valence-electron chi connectivity index (χ2n) is 6.49. The van der Waals surface area contributed by atoms with Crippen LogP contribution in [0, 0.1) is 0 Å². The number of hydrogen-bond donors (Lipinski definition) is 2. The van der Waals surface area contributed by atoms with E-state index in [2.05, 4.69) is 32.1 Å². The second kappa shape index (κ2) is 7.81. The summed E-state index contributed by atoms with van der Waals surface area (Å²) >= 11 is 0. The van der Waals surface area contributed by atoms with Gasteiger partial charge in [-0.1, -0.05) is 6.92 Å². The van der Waals surface area contributed by atoms with Crippen LogP contribution in [0.4, 0.5) is 16.3 Å². The van der Waals surface area contributed by atoms with Crippen LogP contribution in [-0.2, 0) is 17.8 Å². The van der Waals surface area contributed by atoms with Gasteiger partial charge < -0.3 is 14.6 Å². The first-order chi connectivity index (χ1) is 11.4. The largest absolute Gasteiger partial charge is 0.444 e. The predicted octanol–water partition coefficient (Wildman–Crippen LogP) is 3.65. The van der Waals surface area contributed by atoms with Gasteiger partial charge in [-0.15, -0.1) is 0 Å². The van der Waals surface area contributed by atoms with Gasteiger partial charge in [0.05, 0.1) is 30.5 Å². The van der Waals surface area contributed by atoms with E-state index in [1.165, 1.54) is 0 Å². The topological polar surface area (TPSA) is 81.1 Å². The molecule has 2 aromatic heterocycles. The number of carbonyl (C=O) groups is 1. The van der Waals surface area contributed by atoms with E-state index in [1.807, 2.05) is 39.4 Å². The SMILES string of the molecule is CCCn1cncc1CNc1ccc(NC(=O)OC(C)(C)C)nc1. The van der Waals surface area contributed by atoms with Crippen molar-refractivity contribution in [1.29, 1.82) is 0 Å². The first-order valence-electron chi connectivity index (χ1n) is 8.06. The van der Waals surface area contributed by atoms with E-state index in [4.69, 9.17) is 4.74 Å². The van der Waals surface area contributed by atoms with Crippen LogP contribution < -0.4 is 10.6 Å². The van der Waals surface area contributed by atoms with Crippen molar-refractivity contribution in [3.8, 4) is 0 Å². The van der Waals surface area contributed by atoms with Crippen LogP contribution in [0.25, 0.3) is 0 Å². The lowest BCUT2D eigenvalue weighted by Gasteiger charge is -2.19. The third-order valence-electron chi connectivity index (χ3n) is 3.13. The number of aromatic nitrogens is 3. The van der Waals surface area contributed by atoms with Gasteiger partial charge in [0.2, 0.25) is 0 Å². The smallest absolute Gasteiger partial charge is 0.413 e. The Balaban J connectivity index is 1.88. The van der Waals surface area contributed by atoms with Gasteiger partial charge >= 0.3 is 6.09 Å². The van der Waals surface area contributed by atoms with Gasteiger partial charge in [-0.05, 0) is 39.3 Å². The molecule has 0 aliphatic carbocycles. The lowest BCUT2D eigenvalue weighted by Crippen LogP contribution is -2.27. The van der Waals surface area contributed by atoms with Crippen molar-refractivity contribution in [1.82, 2.24) is 14.5 Å². The van der Waals surface area contributed by atoms with Crippen LogP contribution in [0.15, 0.2) is 30.9 Å². The van der Waals surface area contributed by atoms with Crippen molar-refractivity contribution < 1.29 is 9.53 Å². The molecule has 0 unspecified atom stereocenters. The molecule has 0 aliphatic heterocycles. The van der Waals surface area contributed by atoms with Gasteiger partial charge in [0.25, 0.3) is 0 Å². The summed E-state index contributed by atoms with van der Waals surface area (Å²) in [6, 6.07) is 3.59. The van der Waals surface area contributed by atoms with Gasteiger partial charge in [-0.25, -0.2) is 14.8 Å². The summed E-state index contributed by atoms with van der Waals surface area (Å²) in [5.41, 5.74) is 1.45. The molecular weight excluding hydrogens is 306 g/mol. The molecule has 2 N–H and O–H groups in total. The van der Waals surface area contributed by atoms with Crippen LogP contribution in [0.5, 0.6) is 0 Å². The number of nitrogens with zero attached hydrogens (tertiary/aromatic N) is 3. The quantitative estimate of drug-likeness (QED) is 0.844. The molecule has 130 valence electrons. The van der Waals surface area contributed by atoms with Gasteiger partial charge in [0, 0.05) is 12.7 Å². The van der Waals surface area contributed by atoms with Crippen LogP contribution in [0.1, 0.15) is 39.8 Å². The van der Waals surface area contributed by atoms with Crippen LogP contribution in [-0.4, -0.2) is 26.2 Å². The Hall–Kier alpha value is -2.57. The standard InChI is InChI=1S/C17H25N5O2/c1-5-8-22-12-18-10-14(22)11-19-13-6-7-15(20-9-13)21-16(23)24-17(2,3)4/h6-7,9-10,12,19H,5,8,11H2,1-4H3,(H,20,21,23). The van der Waals surface area contributed by atoms with Gasteiger partial charge in [0.15, 0.2) is 0 Å². The number of rotatable bonds is 6. The number of imidazole rings is 1. The fraction of sp³-hybridized carbons (Fsp3) is 0.471. The van der Waals surface area contributed by atoms with E-state index >= 15 is 0 Å². The average molecular weight is 331 g/mol. The molecule has 24 heavy (non-hydrogen) atoms. The lowest BCUT2D eigenvalue weighted by atomic mass is 10.2. The highest BCUT2D eigenvalue weighted by Crippen LogP contribution is 2.13. The maximum atomic E-state index is 11.7. The van der Waals surface area contributed by atoms with E-state index < -0.39 is 11.7 Å². The molecule has 0 bridgehead atoms. The molecular formula is C17H25N5O2. The summed E-state index contributed by atoms with van der Waals surface area (Å²) in [6.45, 7) is 9.20. The third-order valence-corrected chi connectivity index (χ3v) is 3.13. The third kappa shape index (κ3) is 5.57. The summed E-state index contributed by atoms with van der Waals surface area (Å²) in [5, 5.41) is 5.90. The van der Waals surface area contributed by atoms with Crippen molar-refractivity contribution in [3.05, 3.63) is 36.5 Å². The lowest BCUT2D eigenvalue weighted by molar-refractivity contribution is 0.0635. The number of carbonyl (C=O) groups excluding carboxylic acids is 1. The predicted molar refractivity (Wildman–Crippen MR) is 93.9 cm³/mol. The Morgan fingerprint density at radius 1 is 1.29 bits per heavy atom. The summed E-state index contributed by atoms with van der Waals surface area (Å²) in [5.74, 6) is 0.450. The fourth-order valence-electron chi connectivity index (χ4n) is 2.11. The fourth-order valence-corrected chi connectivity index (χ4v) is 2.11. The number of amides is 1. The number of hydrogen-bond acceptors (Lipinski definition) is 5. The van der Waals surface area contributed by atoms with E-state index in [0.29, 0.717) is 12.4 Å². The molecule has 0 aromatic carbocycles. The molecule has 2 rings (SSSR count). The normalized spacial score (nSPS) is 11.2. The maximum Gasteiger partial charge on any atom is 0.413 e. The molecule has 0 fully saturated rings. The molecule has 0 aliphatic rings. The summed E-state index contributed by atoms with van der Waals surface area (Å²) in [7, 11) is 0. The molecule has 0 radical (unpaired) electrons. The Bertz CT molecular complexity index is 658. The molecule has 0 atom stereocenters. The molecule has 0 saturated heterocycles. The Kier molecular flexibility index (Phi) is 5.78. The molecule has 0 spiro atoms. The number of ether oxygens (including phenoxy) is 1. The molecule has 7 heteroatoms. The van der Waals surface area contributed by atoms with Crippen LogP contribution >= 0.6 is 0 Å². The summed E-state index contributed by atoms with van der Waals surface area (Å²) < 4.78 is 7.31. The zero-order chi connectivity index (χ0) is 17.6. The van der Waals surface area contributed by atoms with E-state index in [0.717, 1.165) is 24.3 Å². The van der Waals surface area contributed by atoms with Crippen molar-refractivity contribution in [2.24, 2.45) is 0 Å². The second-order valence-corrected chi connectivity index (χ2v) is 6.49. The summed E-state index contributed by atoms with van der Waals surface area (Å²) in [4.78, 5) is 20.1. The minimum absolute atomic E-state index is 0.450. The first kappa shape index (κ1) is 17.8.